The van der Waals surface area contributed by atoms with E-state index in [0.29, 0.717) is 23.7 Å². The number of rotatable bonds is 13. The average molecular weight is 585 g/mol. The Bertz CT molecular complexity index is 1580. The quantitative estimate of drug-likeness (QED) is 0.213. The van der Waals surface area contributed by atoms with Gasteiger partial charge in [0.15, 0.2) is 21.3 Å². The second-order valence-corrected chi connectivity index (χ2v) is 12.3. The predicted molar refractivity (Wildman–Crippen MR) is 154 cm³/mol. The Morgan fingerprint density at radius 2 is 1.78 bits per heavy atom. The molecule has 0 fully saturated rings. The van der Waals surface area contributed by atoms with Gasteiger partial charge in [-0.1, -0.05) is 37.6 Å². The maximum absolute atomic E-state index is 12.8. The van der Waals surface area contributed by atoms with Crippen molar-refractivity contribution in [3.05, 3.63) is 59.8 Å². The van der Waals surface area contributed by atoms with Crippen LogP contribution in [0.25, 0.3) is 34.3 Å². The number of nitrogens with zero attached hydrogens (tertiary/aromatic N) is 4. The molecular weight excluding hydrogens is 550 g/mol. The maximum Gasteiger partial charge on any atom is 0.270 e. The summed E-state index contributed by atoms with van der Waals surface area (Å²) >= 11 is 0. The van der Waals surface area contributed by atoms with Gasteiger partial charge in [0.05, 0.1) is 28.7 Å². The van der Waals surface area contributed by atoms with Crippen molar-refractivity contribution in [2.45, 2.75) is 62.8 Å². The second kappa shape index (κ2) is 13.3. The van der Waals surface area contributed by atoms with Crippen LogP contribution in [0, 0.1) is 0 Å². The van der Waals surface area contributed by atoms with E-state index in [1.165, 1.54) is 25.3 Å². The SMILES string of the molecule is CCCc1cc(CNC(C)CF)ccc1-c1nnc(-c2nc(-c3ccc(S(=O)(=O)C(C)CCF)cc3)cnc2N)o1. The fraction of sp³-hybridized carbons (Fsp3) is 0.379. The highest BCUT2D eigenvalue weighted by atomic mass is 32.2. The van der Waals surface area contributed by atoms with E-state index in [0.717, 1.165) is 29.5 Å². The van der Waals surface area contributed by atoms with Crippen molar-refractivity contribution in [3.63, 3.8) is 0 Å². The summed E-state index contributed by atoms with van der Waals surface area (Å²) in [6.45, 7) is 4.76. The standard InChI is InChI=1S/C29H34F2N6O3S/c1-4-5-22-14-20(16-33-18(2)15-31)6-11-24(22)28-36-37-29(40-28)26-27(32)34-17-25(35-26)21-7-9-23(10-8-21)41(38,39)19(3)12-13-30/h6-11,14,17-19,33H,4-5,12-13,15-16H2,1-3H3,(H2,32,34). The van der Waals surface area contributed by atoms with Crippen LogP contribution in [0.15, 0.2) is 58.0 Å². The molecular formula is C29H34F2N6O3S. The lowest BCUT2D eigenvalue weighted by Gasteiger charge is -2.12. The van der Waals surface area contributed by atoms with E-state index in [2.05, 4.69) is 38.5 Å². The monoisotopic (exact) mass is 584 g/mol. The molecule has 0 aliphatic heterocycles. The molecule has 0 radical (unpaired) electrons. The van der Waals surface area contributed by atoms with Crippen LogP contribution in [0.2, 0.25) is 0 Å². The van der Waals surface area contributed by atoms with E-state index in [-0.39, 0.29) is 34.8 Å². The summed E-state index contributed by atoms with van der Waals surface area (Å²) in [5.74, 6) is 0.500. The third kappa shape index (κ3) is 6.94. The zero-order valence-corrected chi connectivity index (χ0v) is 24.1. The van der Waals surface area contributed by atoms with Gasteiger partial charge in [-0.25, -0.2) is 22.8 Å². The molecule has 2 atom stereocenters. The number of nitrogens with two attached hydrogens (primary N) is 1. The summed E-state index contributed by atoms with van der Waals surface area (Å²) in [7, 11) is -3.65. The van der Waals surface area contributed by atoms with Gasteiger partial charge in [0.2, 0.25) is 5.89 Å². The van der Waals surface area contributed by atoms with E-state index in [1.807, 2.05) is 12.1 Å². The lowest BCUT2D eigenvalue weighted by atomic mass is 10.00. The molecule has 4 aromatic rings. The molecule has 4 rings (SSSR count). The molecule has 2 heterocycles. The first-order chi connectivity index (χ1) is 19.7. The molecule has 0 aliphatic carbocycles. The molecule has 0 bridgehead atoms. The highest BCUT2D eigenvalue weighted by molar-refractivity contribution is 7.92. The number of benzene rings is 2. The number of aryl methyl sites for hydroxylation is 1. The van der Waals surface area contributed by atoms with Crippen molar-refractivity contribution in [1.29, 1.82) is 0 Å². The fourth-order valence-corrected chi connectivity index (χ4v) is 5.65. The molecule has 2 aromatic carbocycles. The van der Waals surface area contributed by atoms with Crippen LogP contribution in [-0.4, -0.2) is 53.2 Å². The highest BCUT2D eigenvalue weighted by Crippen LogP contribution is 2.31. The number of alkyl halides is 2. The Kier molecular flexibility index (Phi) is 9.77. The highest BCUT2D eigenvalue weighted by Gasteiger charge is 2.23. The number of anilines is 1. The van der Waals surface area contributed by atoms with Crippen LogP contribution < -0.4 is 11.1 Å². The molecule has 0 spiro atoms. The zero-order chi connectivity index (χ0) is 29.6. The Morgan fingerprint density at radius 1 is 1.05 bits per heavy atom. The minimum Gasteiger partial charge on any atom is -0.414 e. The van der Waals surface area contributed by atoms with Crippen molar-refractivity contribution in [1.82, 2.24) is 25.5 Å². The van der Waals surface area contributed by atoms with Crippen LogP contribution in [0.4, 0.5) is 14.6 Å². The van der Waals surface area contributed by atoms with Crippen molar-refractivity contribution in [2.75, 3.05) is 19.1 Å². The first-order valence-electron chi connectivity index (χ1n) is 13.5. The Hall–Kier alpha value is -3.77. The van der Waals surface area contributed by atoms with Crippen LogP contribution in [0.1, 0.15) is 44.7 Å². The summed E-state index contributed by atoms with van der Waals surface area (Å²) in [5, 5.41) is 10.7. The third-order valence-corrected chi connectivity index (χ3v) is 8.98. The van der Waals surface area contributed by atoms with Crippen molar-refractivity contribution in [3.8, 4) is 34.3 Å². The molecule has 0 aliphatic rings. The molecule has 0 saturated carbocycles. The number of nitrogen functional groups attached to an aromatic ring is 1. The first kappa shape index (κ1) is 30.2. The second-order valence-electron chi connectivity index (χ2n) is 9.94. The molecule has 2 aromatic heterocycles. The molecule has 12 heteroatoms. The van der Waals surface area contributed by atoms with Crippen molar-refractivity contribution in [2.24, 2.45) is 0 Å². The molecule has 2 unspecified atom stereocenters. The summed E-state index contributed by atoms with van der Waals surface area (Å²) in [4.78, 5) is 8.91. The number of halogens is 2. The number of sulfone groups is 1. The van der Waals surface area contributed by atoms with Gasteiger partial charge in [-0.3, -0.25) is 4.39 Å². The van der Waals surface area contributed by atoms with Crippen LogP contribution in [0.5, 0.6) is 0 Å². The number of hydrogen-bond donors (Lipinski definition) is 2. The fourth-order valence-electron chi connectivity index (χ4n) is 4.27. The van der Waals surface area contributed by atoms with Gasteiger partial charge >= 0.3 is 0 Å². The van der Waals surface area contributed by atoms with Crippen LogP contribution in [-0.2, 0) is 22.8 Å². The molecule has 3 N–H and O–H groups in total. The normalized spacial score (nSPS) is 13.3. The summed E-state index contributed by atoms with van der Waals surface area (Å²) in [5.41, 5.74) is 10.2. The van der Waals surface area contributed by atoms with Gasteiger partial charge in [-0.05, 0) is 56.0 Å². The van der Waals surface area contributed by atoms with Crippen LogP contribution in [0.3, 0.4) is 0 Å². The molecule has 9 nitrogen and oxygen atoms in total. The minimum atomic E-state index is -3.65. The molecule has 0 saturated heterocycles. The summed E-state index contributed by atoms with van der Waals surface area (Å²) in [6, 6.07) is 11.8. The average Bonchev–Trinajstić information content (AvgIpc) is 3.46. The smallest absolute Gasteiger partial charge is 0.270 e. The zero-order valence-electron chi connectivity index (χ0n) is 23.3. The lowest BCUT2D eigenvalue weighted by molar-refractivity contribution is 0.391. The third-order valence-electron chi connectivity index (χ3n) is 6.76. The number of nitrogens with one attached hydrogen (secondary N) is 1. The van der Waals surface area contributed by atoms with E-state index < -0.39 is 28.4 Å². The number of aromatic nitrogens is 4. The molecule has 218 valence electrons. The number of hydrogen-bond acceptors (Lipinski definition) is 9. The van der Waals surface area contributed by atoms with Gasteiger partial charge in [-0.2, -0.15) is 0 Å². The van der Waals surface area contributed by atoms with E-state index in [4.69, 9.17) is 10.2 Å². The van der Waals surface area contributed by atoms with E-state index in [9.17, 15) is 17.2 Å². The van der Waals surface area contributed by atoms with Crippen LogP contribution >= 0.6 is 0 Å². The Labute approximate surface area is 238 Å². The van der Waals surface area contributed by atoms with Gasteiger partial charge in [-0.15, -0.1) is 10.2 Å². The van der Waals surface area contributed by atoms with E-state index in [1.54, 1.807) is 19.1 Å². The Morgan fingerprint density at radius 3 is 2.46 bits per heavy atom. The maximum atomic E-state index is 12.8. The van der Waals surface area contributed by atoms with Gasteiger partial charge < -0.3 is 15.5 Å². The van der Waals surface area contributed by atoms with Gasteiger partial charge in [0, 0.05) is 23.7 Å². The van der Waals surface area contributed by atoms with Gasteiger partial charge in [0.25, 0.3) is 5.89 Å². The van der Waals surface area contributed by atoms with E-state index >= 15 is 0 Å². The largest absolute Gasteiger partial charge is 0.414 e. The molecule has 41 heavy (non-hydrogen) atoms. The van der Waals surface area contributed by atoms with Gasteiger partial charge in [0.1, 0.15) is 6.67 Å². The lowest BCUT2D eigenvalue weighted by Crippen LogP contribution is -2.27. The Balaban J connectivity index is 1.61. The van der Waals surface area contributed by atoms with Crippen molar-refractivity contribution < 1.29 is 21.6 Å². The summed E-state index contributed by atoms with van der Waals surface area (Å²) < 4.78 is 56.9. The summed E-state index contributed by atoms with van der Waals surface area (Å²) in [6.07, 6.45) is 3.10. The predicted octanol–water partition coefficient (Wildman–Crippen LogP) is 5.36. The first-order valence-corrected chi connectivity index (χ1v) is 15.0. The topological polar surface area (TPSA) is 137 Å². The van der Waals surface area contributed by atoms with Crippen molar-refractivity contribution >= 4 is 15.7 Å². The minimum absolute atomic E-state index is 0.0654. The molecule has 0 amide bonds.